The van der Waals surface area contributed by atoms with Gasteiger partial charge in [-0.25, -0.2) is 0 Å². The maximum absolute atomic E-state index is 11.3. The Bertz CT molecular complexity index is 521. The molecule has 1 atom stereocenters. The van der Waals surface area contributed by atoms with E-state index in [0.717, 1.165) is 19.6 Å². The zero-order chi connectivity index (χ0) is 15.4. The minimum Gasteiger partial charge on any atom is -0.493 e. The molecule has 1 fully saturated rings. The van der Waals surface area contributed by atoms with Crippen LogP contribution in [0.4, 0.5) is 5.69 Å². The molecule has 21 heavy (non-hydrogen) atoms. The molecule has 0 bridgehead atoms. The Morgan fingerprint density at radius 3 is 2.62 bits per heavy atom. The molecule has 0 spiro atoms. The number of hydrogen-bond acceptors (Lipinski definition) is 6. The lowest BCUT2D eigenvalue weighted by atomic mass is 10.1. The molecule has 0 aromatic heterocycles. The number of benzene rings is 1. The fourth-order valence-corrected chi connectivity index (χ4v) is 2.60. The van der Waals surface area contributed by atoms with Crippen LogP contribution in [0.5, 0.6) is 11.5 Å². The second-order valence-corrected chi connectivity index (χ2v) is 5.18. The SMILES string of the molecule is COc1cc(CN2CCN[C@@H](C)C2)c([N+](=O)[O-])cc1OC. The zero-order valence-electron chi connectivity index (χ0n) is 12.6. The van der Waals surface area contributed by atoms with E-state index in [4.69, 9.17) is 9.47 Å². The van der Waals surface area contributed by atoms with E-state index in [1.165, 1.54) is 20.3 Å². The van der Waals surface area contributed by atoms with Gasteiger partial charge in [0, 0.05) is 37.8 Å². The van der Waals surface area contributed by atoms with Crippen LogP contribution in [-0.2, 0) is 6.54 Å². The Labute approximate surface area is 124 Å². The molecular formula is C14H21N3O4. The van der Waals surface area contributed by atoms with Gasteiger partial charge in [0.1, 0.15) is 0 Å². The standard InChI is InChI=1S/C14H21N3O4/c1-10-8-16(5-4-15-10)9-11-6-13(20-2)14(21-3)7-12(11)17(18)19/h6-7,10,15H,4-5,8-9H2,1-3H3/t10-/m0/s1. The predicted molar refractivity (Wildman–Crippen MR) is 78.9 cm³/mol. The fourth-order valence-electron chi connectivity index (χ4n) is 2.60. The monoisotopic (exact) mass is 295 g/mol. The first-order valence-corrected chi connectivity index (χ1v) is 6.90. The van der Waals surface area contributed by atoms with Gasteiger partial charge < -0.3 is 14.8 Å². The molecule has 7 heteroatoms. The van der Waals surface area contributed by atoms with E-state index in [1.807, 2.05) is 0 Å². The van der Waals surface area contributed by atoms with Crippen molar-refractivity contribution >= 4 is 5.69 Å². The smallest absolute Gasteiger partial charge is 0.277 e. The molecule has 0 saturated carbocycles. The van der Waals surface area contributed by atoms with Crippen LogP contribution < -0.4 is 14.8 Å². The summed E-state index contributed by atoms with van der Waals surface area (Å²) >= 11 is 0. The molecule has 2 rings (SSSR count). The first-order valence-electron chi connectivity index (χ1n) is 6.90. The Morgan fingerprint density at radius 2 is 2.05 bits per heavy atom. The summed E-state index contributed by atoms with van der Waals surface area (Å²) in [6.45, 7) is 5.27. The highest BCUT2D eigenvalue weighted by molar-refractivity contribution is 5.54. The third-order valence-corrected chi connectivity index (χ3v) is 3.63. The average molecular weight is 295 g/mol. The number of nitro groups is 1. The van der Waals surface area contributed by atoms with Crippen molar-refractivity contribution in [3.05, 3.63) is 27.8 Å². The number of nitro benzene ring substituents is 1. The molecule has 1 saturated heterocycles. The molecule has 1 N–H and O–H groups in total. The van der Waals surface area contributed by atoms with Crippen LogP contribution in [0.25, 0.3) is 0 Å². The molecule has 0 unspecified atom stereocenters. The maximum Gasteiger partial charge on any atom is 0.277 e. The summed E-state index contributed by atoms with van der Waals surface area (Å²) in [5.74, 6) is 0.892. The Hall–Kier alpha value is -1.86. The van der Waals surface area contributed by atoms with E-state index in [0.29, 0.717) is 29.6 Å². The van der Waals surface area contributed by atoms with E-state index in [9.17, 15) is 10.1 Å². The number of piperazine rings is 1. The lowest BCUT2D eigenvalue weighted by molar-refractivity contribution is -0.385. The lowest BCUT2D eigenvalue weighted by Gasteiger charge is -2.31. The van der Waals surface area contributed by atoms with Crippen molar-refractivity contribution in [2.24, 2.45) is 0 Å². The third-order valence-electron chi connectivity index (χ3n) is 3.63. The van der Waals surface area contributed by atoms with Crippen molar-refractivity contribution in [1.29, 1.82) is 0 Å². The Balaban J connectivity index is 2.29. The van der Waals surface area contributed by atoms with E-state index < -0.39 is 0 Å². The highest BCUT2D eigenvalue weighted by Crippen LogP contribution is 2.35. The highest BCUT2D eigenvalue weighted by Gasteiger charge is 2.23. The van der Waals surface area contributed by atoms with Gasteiger partial charge in [-0.15, -0.1) is 0 Å². The predicted octanol–water partition coefficient (Wildman–Crippen LogP) is 1.41. The second-order valence-electron chi connectivity index (χ2n) is 5.18. The van der Waals surface area contributed by atoms with Crippen molar-refractivity contribution < 1.29 is 14.4 Å². The van der Waals surface area contributed by atoms with Crippen LogP contribution in [0.2, 0.25) is 0 Å². The maximum atomic E-state index is 11.3. The van der Waals surface area contributed by atoms with Crippen LogP contribution in [-0.4, -0.2) is 49.7 Å². The van der Waals surface area contributed by atoms with Crippen LogP contribution in [0.15, 0.2) is 12.1 Å². The van der Waals surface area contributed by atoms with E-state index in [1.54, 1.807) is 6.07 Å². The average Bonchev–Trinajstić information content (AvgIpc) is 2.46. The van der Waals surface area contributed by atoms with Crippen molar-refractivity contribution in [3.8, 4) is 11.5 Å². The summed E-state index contributed by atoms with van der Waals surface area (Å²) in [6, 6.07) is 3.52. The Kier molecular flexibility index (Phi) is 4.98. The third kappa shape index (κ3) is 3.62. The van der Waals surface area contributed by atoms with Crippen LogP contribution in [0.1, 0.15) is 12.5 Å². The fraction of sp³-hybridized carbons (Fsp3) is 0.571. The summed E-state index contributed by atoms with van der Waals surface area (Å²) in [5, 5.41) is 14.6. The Morgan fingerprint density at radius 1 is 1.38 bits per heavy atom. The van der Waals surface area contributed by atoms with Gasteiger partial charge in [-0.2, -0.15) is 0 Å². The molecule has 0 amide bonds. The first-order chi connectivity index (χ1) is 10.0. The van der Waals surface area contributed by atoms with Crippen molar-refractivity contribution in [1.82, 2.24) is 10.2 Å². The molecular weight excluding hydrogens is 274 g/mol. The number of hydrogen-bond donors (Lipinski definition) is 1. The van der Waals surface area contributed by atoms with E-state index in [-0.39, 0.29) is 10.6 Å². The van der Waals surface area contributed by atoms with E-state index >= 15 is 0 Å². The summed E-state index contributed by atoms with van der Waals surface area (Å²) in [7, 11) is 3.00. The zero-order valence-corrected chi connectivity index (χ0v) is 12.6. The molecule has 1 heterocycles. The molecule has 116 valence electrons. The first kappa shape index (κ1) is 15.5. The van der Waals surface area contributed by atoms with E-state index in [2.05, 4.69) is 17.1 Å². The molecule has 7 nitrogen and oxygen atoms in total. The number of nitrogens with zero attached hydrogens (tertiary/aromatic N) is 2. The quantitative estimate of drug-likeness (QED) is 0.653. The molecule has 1 aliphatic rings. The molecule has 0 radical (unpaired) electrons. The van der Waals surface area contributed by atoms with Crippen LogP contribution in [0.3, 0.4) is 0 Å². The molecule has 0 aliphatic carbocycles. The largest absolute Gasteiger partial charge is 0.493 e. The van der Waals surface area contributed by atoms with Gasteiger partial charge in [-0.1, -0.05) is 0 Å². The molecule has 1 aliphatic heterocycles. The summed E-state index contributed by atoms with van der Waals surface area (Å²) in [5.41, 5.74) is 0.714. The summed E-state index contributed by atoms with van der Waals surface area (Å²) in [4.78, 5) is 13.1. The van der Waals surface area contributed by atoms with Gasteiger partial charge in [0.25, 0.3) is 5.69 Å². The van der Waals surface area contributed by atoms with Crippen LogP contribution in [0, 0.1) is 10.1 Å². The topological polar surface area (TPSA) is 76.9 Å². The number of ether oxygens (including phenoxy) is 2. The van der Waals surface area contributed by atoms with Gasteiger partial charge in [-0.3, -0.25) is 15.0 Å². The van der Waals surface area contributed by atoms with Gasteiger partial charge in [0.05, 0.1) is 25.2 Å². The number of rotatable bonds is 5. The highest BCUT2D eigenvalue weighted by atomic mass is 16.6. The van der Waals surface area contributed by atoms with Gasteiger partial charge in [-0.05, 0) is 13.0 Å². The van der Waals surface area contributed by atoms with Crippen LogP contribution >= 0.6 is 0 Å². The second kappa shape index (κ2) is 6.73. The number of nitrogens with one attached hydrogen (secondary N) is 1. The van der Waals surface area contributed by atoms with Crippen molar-refractivity contribution in [2.75, 3.05) is 33.9 Å². The van der Waals surface area contributed by atoms with Gasteiger partial charge in [0.15, 0.2) is 11.5 Å². The summed E-state index contributed by atoms with van der Waals surface area (Å²) < 4.78 is 10.4. The van der Waals surface area contributed by atoms with Gasteiger partial charge >= 0.3 is 0 Å². The summed E-state index contributed by atoms with van der Waals surface area (Å²) in [6.07, 6.45) is 0. The molecule has 1 aromatic carbocycles. The number of methoxy groups -OCH3 is 2. The minimum absolute atomic E-state index is 0.0684. The normalized spacial score (nSPS) is 19.3. The van der Waals surface area contributed by atoms with Gasteiger partial charge in [0.2, 0.25) is 0 Å². The lowest BCUT2D eigenvalue weighted by Crippen LogP contribution is -2.48. The van der Waals surface area contributed by atoms with Crippen molar-refractivity contribution in [3.63, 3.8) is 0 Å². The minimum atomic E-state index is -0.372. The molecule has 1 aromatic rings. The van der Waals surface area contributed by atoms with Crippen molar-refractivity contribution in [2.45, 2.75) is 19.5 Å².